The predicted octanol–water partition coefficient (Wildman–Crippen LogP) is -0.623. The smallest absolute Gasteiger partial charge is 0.244 e. The summed E-state index contributed by atoms with van der Waals surface area (Å²) in [5.41, 5.74) is 0. The van der Waals surface area contributed by atoms with Crippen LogP contribution < -0.4 is 15.4 Å². The zero-order chi connectivity index (χ0) is 15.5. The zero-order valence-corrected chi connectivity index (χ0v) is 14.2. The Balaban J connectivity index is 0.00000242. The normalized spacial score (nSPS) is 20.0. The van der Waals surface area contributed by atoms with Crippen LogP contribution in [0.5, 0.6) is 0 Å². The van der Waals surface area contributed by atoms with Crippen LogP contribution in [-0.4, -0.2) is 49.3 Å². The first kappa shape index (κ1) is 18.9. The summed E-state index contributed by atoms with van der Waals surface area (Å²) in [6.07, 6.45) is 4.54. The van der Waals surface area contributed by atoms with Crippen LogP contribution in [-0.2, 0) is 21.9 Å². The van der Waals surface area contributed by atoms with Crippen LogP contribution in [0.15, 0.2) is 17.3 Å². The number of nitrogens with zero attached hydrogens (tertiary/aromatic N) is 2. The van der Waals surface area contributed by atoms with E-state index in [1.54, 1.807) is 7.05 Å². The van der Waals surface area contributed by atoms with E-state index in [2.05, 4.69) is 20.5 Å². The maximum atomic E-state index is 12.1. The van der Waals surface area contributed by atoms with Gasteiger partial charge in [-0.05, 0) is 26.3 Å². The average molecular weight is 352 g/mol. The van der Waals surface area contributed by atoms with Gasteiger partial charge in [-0.1, -0.05) is 0 Å². The largest absolute Gasteiger partial charge is 0.351 e. The Labute approximate surface area is 136 Å². The second-order valence-electron chi connectivity index (χ2n) is 5.24. The minimum Gasteiger partial charge on any atom is -0.351 e. The van der Waals surface area contributed by atoms with Gasteiger partial charge in [0, 0.05) is 25.8 Å². The third-order valence-electron chi connectivity index (χ3n) is 3.36. The lowest BCUT2D eigenvalue weighted by atomic mass is 10.1. The molecule has 0 spiro atoms. The number of carbonyl (C=O) groups is 1. The van der Waals surface area contributed by atoms with Gasteiger partial charge < -0.3 is 10.6 Å². The molecular weight excluding hydrogens is 330 g/mol. The highest BCUT2D eigenvalue weighted by Crippen LogP contribution is 2.07. The number of aryl methyl sites for hydroxylation is 1. The number of amides is 1. The number of halogens is 1. The topological polar surface area (TPSA) is 105 Å². The number of nitrogens with one attached hydrogen (secondary N) is 3. The fourth-order valence-corrected chi connectivity index (χ4v) is 3.38. The van der Waals surface area contributed by atoms with Crippen molar-refractivity contribution in [1.82, 2.24) is 25.1 Å². The van der Waals surface area contributed by atoms with Crippen molar-refractivity contribution in [1.29, 1.82) is 0 Å². The molecule has 1 aromatic rings. The molecule has 0 saturated carbocycles. The fraction of sp³-hybridized carbons (Fsp3) is 0.667. The summed E-state index contributed by atoms with van der Waals surface area (Å²) >= 11 is 0. The summed E-state index contributed by atoms with van der Waals surface area (Å²) in [6.45, 7) is 3.20. The molecule has 1 saturated heterocycles. The Hall–Kier alpha value is -1.16. The van der Waals surface area contributed by atoms with Crippen molar-refractivity contribution >= 4 is 28.3 Å². The van der Waals surface area contributed by atoms with E-state index < -0.39 is 16.1 Å². The number of carbonyl (C=O) groups excluding carboxylic acids is 1. The van der Waals surface area contributed by atoms with Crippen molar-refractivity contribution in [3.63, 3.8) is 0 Å². The van der Waals surface area contributed by atoms with Crippen LogP contribution in [0.2, 0.25) is 0 Å². The fourth-order valence-electron chi connectivity index (χ4n) is 2.19. The predicted molar refractivity (Wildman–Crippen MR) is 84.3 cm³/mol. The third kappa shape index (κ3) is 4.94. The van der Waals surface area contributed by atoms with Crippen LogP contribution >= 0.6 is 12.4 Å². The van der Waals surface area contributed by atoms with Gasteiger partial charge in [0.2, 0.25) is 15.9 Å². The molecule has 0 aromatic carbocycles. The summed E-state index contributed by atoms with van der Waals surface area (Å²) in [6, 6.07) is -0.784. The van der Waals surface area contributed by atoms with Gasteiger partial charge in [-0.25, -0.2) is 8.42 Å². The molecule has 1 amide bonds. The Kier molecular flexibility index (Phi) is 6.79. The lowest BCUT2D eigenvalue weighted by molar-refractivity contribution is -0.123. The molecule has 2 atom stereocenters. The molecule has 22 heavy (non-hydrogen) atoms. The molecule has 1 fully saturated rings. The molecule has 10 heteroatoms. The van der Waals surface area contributed by atoms with Crippen molar-refractivity contribution in [3.05, 3.63) is 12.4 Å². The summed E-state index contributed by atoms with van der Waals surface area (Å²) in [7, 11) is -2.10. The molecule has 126 valence electrons. The number of rotatable bonds is 5. The van der Waals surface area contributed by atoms with Crippen LogP contribution in [0.4, 0.5) is 0 Å². The van der Waals surface area contributed by atoms with Gasteiger partial charge in [0.25, 0.3) is 0 Å². The van der Waals surface area contributed by atoms with Crippen LogP contribution in [0.1, 0.15) is 19.8 Å². The minimum absolute atomic E-state index is 0. The van der Waals surface area contributed by atoms with E-state index in [-0.39, 0.29) is 29.3 Å². The molecule has 2 heterocycles. The molecule has 0 bridgehead atoms. The van der Waals surface area contributed by atoms with E-state index in [4.69, 9.17) is 0 Å². The van der Waals surface area contributed by atoms with Crippen molar-refractivity contribution < 1.29 is 13.2 Å². The van der Waals surface area contributed by atoms with Gasteiger partial charge in [0.05, 0.1) is 12.2 Å². The first-order valence-corrected chi connectivity index (χ1v) is 8.39. The lowest BCUT2D eigenvalue weighted by Gasteiger charge is -2.25. The number of aromatic nitrogens is 2. The lowest BCUT2D eigenvalue weighted by Crippen LogP contribution is -2.52. The summed E-state index contributed by atoms with van der Waals surface area (Å²) in [5.74, 6) is -0.323. The van der Waals surface area contributed by atoms with E-state index in [0.717, 1.165) is 19.4 Å². The second-order valence-corrected chi connectivity index (χ2v) is 6.96. The quantitative estimate of drug-likeness (QED) is 0.655. The molecule has 1 aliphatic heterocycles. The first-order valence-electron chi connectivity index (χ1n) is 6.90. The van der Waals surface area contributed by atoms with Gasteiger partial charge in [0.1, 0.15) is 4.90 Å². The minimum atomic E-state index is -3.73. The van der Waals surface area contributed by atoms with Crippen LogP contribution in [0.3, 0.4) is 0 Å². The van der Waals surface area contributed by atoms with Gasteiger partial charge >= 0.3 is 0 Å². The van der Waals surface area contributed by atoms with E-state index in [1.807, 2.05) is 0 Å². The monoisotopic (exact) mass is 351 g/mol. The van der Waals surface area contributed by atoms with E-state index in [1.165, 1.54) is 24.0 Å². The number of sulfonamides is 1. The number of hydrogen-bond donors (Lipinski definition) is 3. The number of piperidine rings is 1. The highest BCUT2D eigenvalue weighted by Gasteiger charge is 2.25. The maximum absolute atomic E-state index is 12.1. The summed E-state index contributed by atoms with van der Waals surface area (Å²) in [4.78, 5) is 12.1. The molecule has 1 aromatic heterocycles. The van der Waals surface area contributed by atoms with Gasteiger partial charge in [-0.3, -0.25) is 9.48 Å². The van der Waals surface area contributed by atoms with Gasteiger partial charge in [0.15, 0.2) is 0 Å². The Morgan fingerprint density at radius 2 is 2.27 bits per heavy atom. The van der Waals surface area contributed by atoms with Crippen LogP contribution in [0.25, 0.3) is 0 Å². The Bertz CT molecular complexity index is 598. The van der Waals surface area contributed by atoms with E-state index in [0.29, 0.717) is 6.54 Å². The average Bonchev–Trinajstić information content (AvgIpc) is 2.87. The Morgan fingerprint density at radius 1 is 1.55 bits per heavy atom. The highest BCUT2D eigenvalue weighted by atomic mass is 35.5. The standard InChI is InChI=1S/C12H21N5O3S.ClH/c1-9(12(18)15-10-4-3-5-13-6-10)16-21(19,20)11-7-14-17(2)8-11;/h7-10,13,16H,3-6H2,1-2H3,(H,15,18);1H/t9?,10-;/m0./s1. The van der Waals surface area contributed by atoms with Gasteiger partial charge in [-0.15, -0.1) is 12.4 Å². The zero-order valence-electron chi connectivity index (χ0n) is 12.6. The third-order valence-corrected chi connectivity index (χ3v) is 4.86. The Morgan fingerprint density at radius 3 is 2.82 bits per heavy atom. The molecule has 1 unspecified atom stereocenters. The second kappa shape index (κ2) is 7.91. The first-order chi connectivity index (χ1) is 9.88. The van der Waals surface area contributed by atoms with E-state index in [9.17, 15) is 13.2 Å². The van der Waals surface area contributed by atoms with Crippen LogP contribution in [0, 0.1) is 0 Å². The molecule has 0 aliphatic carbocycles. The number of hydrogen-bond acceptors (Lipinski definition) is 5. The van der Waals surface area contributed by atoms with Crippen molar-refractivity contribution in [2.75, 3.05) is 13.1 Å². The summed E-state index contributed by atoms with van der Waals surface area (Å²) < 4.78 is 27.9. The highest BCUT2D eigenvalue weighted by molar-refractivity contribution is 7.89. The SMILES string of the molecule is CC(NS(=O)(=O)c1cnn(C)c1)C(=O)N[C@H]1CCCNC1.Cl. The molecular formula is C12H22ClN5O3S. The summed E-state index contributed by atoms with van der Waals surface area (Å²) in [5, 5.41) is 9.86. The van der Waals surface area contributed by atoms with Gasteiger partial charge in [-0.2, -0.15) is 9.82 Å². The molecule has 1 aliphatic rings. The molecule has 2 rings (SSSR count). The molecule has 8 nitrogen and oxygen atoms in total. The molecule has 3 N–H and O–H groups in total. The van der Waals surface area contributed by atoms with Crippen molar-refractivity contribution in [2.45, 2.75) is 36.7 Å². The molecule has 0 radical (unpaired) electrons. The maximum Gasteiger partial charge on any atom is 0.244 e. The van der Waals surface area contributed by atoms with E-state index >= 15 is 0 Å². The van der Waals surface area contributed by atoms with Crippen molar-refractivity contribution in [2.24, 2.45) is 7.05 Å². The van der Waals surface area contributed by atoms with Crippen molar-refractivity contribution in [3.8, 4) is 0 Å².